The number of ketones is 1. The number of benzene rings is 2. The van der Waals surface area contributed by atoms with Crippen LogP contribution in [0.25, 0.3) is 10.8 Å². The molecule has 0 N–H and O–H groups in total. The summed E-state index contributed by atoms with van der Waals surface area (Å²) < 4.78 is 0. The molecule has 0 aromatic heterocycles. The van der Waals surface area contributed by atoms with Crippen LogP contribution < -0.4 is 0 Å². The zero-order chi connectivity index (χ0) is 13.3. The minimum atomic E-state index is -0.237. The molecule has 19 heavy (non-hydrogen) atoms. The summed E-state index contributed by atoms with van der Waals surface area (Å²) in [5, 5.41) is 2.49. The molecule has 2 aromatic rings. The summed E-state index contributed by atoms with van der Waals surface area (Å²) in [6.45, 7) is 1.77. The standard InChI is InChI=1S/C18H20O/c1-14(19)18(12-5-2-6-13-18)17-11-7-9-15-8-3-4-10-16(15)17/h3-4,7-11H,2,5-6,12-13H2,1H3. The summed E-state index contributed by atoms with van der Waals surface area (Å²) in [4.78, 5) is 12.4. The molecular weight excluding hydrogens is 232 g/mol. The van der Waals surface area contributed by atoms with Crippen LogP contribution in [0.5, 0.6) is 0 Å². The van der Waals surface area contributed by atoms with E-state index in [1.165, 1.54) is 35.6 Å². The van der Waals surface area contributed by atoms with Crippen molar-refractivity contribution in [1.82, 2.24) is 0 Å². The first-order valence-corrected chi connectivity index (χ1v) is 7.23. The van der Waals surface area contributed by atoms with E-state index < -0.39 is 0 Å². The van der Waals surface area contributed by atoms with E-state index in [0.29, 0.717) is 5.78 Å². The van der Waals surface area contributed by atoms with Gasteiger partial charge >= 0.3 is 0 Å². The summed E-state index contributed by atoms with van der Waals surface area (Å²) in [5.74, 6) is 0.337. The van der Waals surface area contributed by atoms with E-state index in [2.05, 4.69) is 42.5 Å². The van der Waals surface area contributed by atoms with Gasteiger partial charge in [0.1, 0.15) is 5.78 Å². The zero-order valence-corrected chi connectivity index (χ0v) is 11.5. The molecule has 0 amide bonds. The Morgan fingerprint density at radius 2 is 1.63 bits per heavy atom. The fourth-order valence-corrected chi connectivity index (χ4v) is 3.61. The van der Waals surface area contributed by atoms with Crippen LogP contribution in [0, 0.1) is 0 Å². The van der Waals surface area contributed by atoms with Crippen LogP contribution in [0.1, 0.15) is 44.6 Å². The molecule has 3 rings (SSSR count). The lowest BCUT2D eigenvalue weighted by Crippen LogP contribution is -2.36. The van der Waals surface area contributed by atoms with Gasteiger partial charge in [0.25, 0.3) is 0 Å². The molecule has 0 unspecified atom stereocenters. The molecule has 1 heteroatoms. The highest BCUT2D eigenvalue weighted by Gasteiger charge is 2.39. The van der Waals surface area contributed by atoms with Gasteiger partial charge in [0.05, 0.1) is 5.41 Å². The normalized spacial score (nSPS) is 18.4. The smallest absolute Gasteiger partial charge is 0.140 e. The molecule has 1 nitrogen and oxygen atoms in total. The maximum Gasteiger partial charge on any atom is 0.140 e. The zero-order valence-electron chi connectivity index (χ0n) is 11.5. The lowest BCUT2D eigenvalue weighted by atomic mass is 9.66. The van der Waals surface area contributed by atoms with E-state index in [4.69, 9.17) is 0 Å². The van der Waals surface area contributed by atoms with Crippen LogP contribution in [-0.2, 0) is 10.2 Å². The van der Waals surface area contributed by atoms with Crippen LogP contribution in [0.15, 0.2) is 42.5 Å². The summed E-state index contributed by atoms with van der Waals surface area (Å²) in [7, 11) is 0. The highest BCUT2D eigenvalue weighted by atomic mass is 16.1. The number of carbonyl (C=O) groups is 1. The van der Waals surface area contributed by atoms with Crippen LogP contribution in [-0.4, -0.2) is 5.78 Å². The van der Waals surface area contributed by atoms with E-state index in [9.17, 15) is 4.79 Å². The molecule has 1 fully saturated rings. The quantitative estimate of drug-likeness (QED) is 0.761. The second-order valence-corrected chi connectivity index (χ2v) is 5.73. The van der Waals surface area contributed by atoms with Crippen LogP contribution in [0.3, 0.4) is 0 Å². The van der Waals surface area contributed by atoms with Gasteiger partial charge in [-0.3, -0.25) is 4.79 Å². The monoisotopic (exact) mass is 252 g/mol. The predicted octanol–water partition coefficient (Wildman–Crippen LogP) is 4.63. The average molecular weight is 252 g/mol. The Morgan fingerprint density at radius 3 is 2.37 bits per heavy atom. The Labute approximate surface area is 114 Å². The van der Waals surface area contributed by atoms with Gasteiger partial charge in [-0.15, -0.1) is 0 Å². The van der Waals surface area contributed by atoms with E-state index in [-0.39, 0.29) is 5.41 Å². The van der Waals surface area contributed by atoms with Gasteiger partial charge in [-0.05, 0) is 36.1 Å². The van der Waals surface area contributed by atoms with Crippen molar-refractivity contribution in [3.8, 4) is 0 Å². The molecular formula is C18H20O. The molecule has 0 spiro atoms. The van der Waals surface area contributed by atoms with Gasteiger partial charge in [0.2, 0.25) is 0 Å². The van der Waals surface area contributed by atoms with Gasteiger partial charge in [0.15, 0.2) is 0 Å². The number of fused-ring (bicyclic) bond motifs is 1. The van der Waals surface area contributed by atoms with Gasteiger partial charge in [0, 0.05) is 0 Å². The lowest BCUT2D eigenvalue weighted by Gasteiger charge is -2.36. The van der Waals surface area contributed by atoms with Crippen molar-refractivity contribution in [1.29, 1.82) is 0 Å². The number of rotatable bonds is 2. The fraction of sp³-hybridized carbons (Fsp3) is 0.389. The molecule has 1 aliphatic rings. The molecule has 0 radical (unpaired) electrons. The third-order valence-corrected chi connectivity index (χ3v) is 4.69. The Morgan fingerprint density at radius 1 is 0.947 bits per heavy atom. The summed E-state index contributed by atoms with van der Waals surface area (Å²) in [5.41, 5.74) is 1.01. The number of carbonyl (C=O) groups excluding carboxylic acids is 1. The van der Waals surface area contributed by atoms with Crippen LogP contribution in [0.4, 0.5) is 0 Å². The summed E-state index contributed by atoms with van der Waals surface area (Å²) in [6.07, 6.45) is 5.62. The van der Waals surface area contributed by atoms with Crippen molar-refractivity contribution in [2.75, 3.05) is 0 Å². The summed E-state index contributed by atoms with van der Waals surface area (Å²) >= 11 is 0. The maximum atomic E-state index is 12.4. The second kappa shape index (κ2) is 4.80. The van der Waals surface area contributed by atoms with Gasteiger partial charge in [-0.1, -0.05) is 61.7 Å². The molecule has 1 aliphatic carbocycles. The van der Waals surface area contributed by atoms with Gasteiger partial charge in [-0.25, -0.2) is 0 Å². The Bertz CT molecular complexity index is 601. The minimum absolute atomic E-state index is 0.237. The number of hydrogen-bond donors (Lipinski definition) is 0. The maximum absolute atomic E-state index is 12.4. The third-order valence-electron chi connectivity index (χ3n) is 4.69. The topological polar surface area (TPSA) is 17.1 Å². The molecule has 0 atom stereocenters. The molecule has 2 aromatic carbocycles. The third kappa shape index (κ3) is 1.98. The summed E-state index contributed by atoms with van der Waals surface area (Å²) in [6, 6.07) is 14.8. The lowest BCUT2D eigenvalue weighted by molar-refractivity contribution is -0.123. The Hall–Kier alpha value is -1.63. The van der Waals surface area contributed by atoms with Crippen LogP contribution >= 0.6 is 0 Å². The van der Waals surface area contributed by atoms with E-state index in [1.807, 2.05) is 0 Å². The molecule has 0 bridgehead atoms. The van der Waals surface area contributed by atoms with E-state index in [1.54, 1.807) is 6.92 Å². The first-order chi connectivity index (χ1) is 9.24. The molecule has 0 aliphatic heterocycles. The van der Waals surface area contributed by atoms with Crippen molar-refractivity contribution in [2.45, 2.75) is 44.4 Å². The van der Waals surface area contributed by atoms with Crippen molar-refractivity contribution in [2.24, 2.45) is 0 Å². The van der Waals surface area contributed by atoms with Gasteiger partial charge in [-0.2, -0.15) is 0 Å². The first-order valence-electron chi connectivity index (χ1n) is 7.23. The second-order valence-electron chi connectivity index (χ2n) is 5.73. The highest BCUT2D eigenvalue weighted by Crippen LogP contribution is 2.42. The molecule has 0 saturated heterocycles. The van der Waals surface area contributed by atoms with Crippen molar-refractivity contribution >= 4 is 16.6 Å². The SMILES string of the molecule is CC(=O)C1(c2cccc3ccccc23)CCCCC1. The highest BCUT2D eigenvalue weighted by molar-refractivity contribution is 5.95. The Balaban J connectivity index is 2.23. The predicted molar refractivity (Wildman–Crippen MR) is 79.4 cm³/mol. The van der Waals surface area contributed by atoms with E-state index >= 15 is 0 Å². The fourth-order valence-electron chi connectivity index (χ4n) is 3.61. The molecule has 0 heterocycles. The van der Waals surface area contributed by atoms with Crippen molar-refractivity contribution in [3.63, 3.8) is 0 Å². The van der Waals surface area contributed by atoms with Crippen molar-refractivity contribution in [3.05, 3.63) is 48.0 Å². The molecule has 1 saturated carbocycles. The number of Topliss-reactive ketones (excluding diaryl/α,β-unsaturated/α-hetero) is 1. The minimum Gasteiger partial charge on any atom is -0.299 e. The van der Waals surface area contributed by atoms with Gasteiger partial charge < -0.3 is 0 Å². The largest absolute Gasteiger partial charge is 0.299 e. The number of hydrogen-bond acceptors (Lipinski definition) is 1. The van der Waals surface area contributed by atoms with Crippen LogP contribution in [0.2, 0.25) is 0 Å². The first kappa shape index (κ1) is 12.4. The Kier molecular flexibility index (Phi) is 3.14. The van der Waals surface area contributed by atoms with Crippen molar-refractivity contribution < 1.29 is 4.79 Å². The van der Waals surface area contributed by atoms with E-state index in [0.717, 1.165) is 12.8 Å². The molecule has 98 valence electrons. The average Bonchev–Trinajstić information content (AvgIpc) is 2.47.